The molecule has 0 spiro atoms. The number of nitrogens with one attached hydrogen (secondary N) is 1. The van der Waals surface area contributed by atoms with Crippen molar-refractivity contribution in [1.82, 2.24) is 0 Å². The third-order valence-corrected chi connectivity index (χ3v) is 5.05. The van der Waals surface area contributed by atoms with Crippen LogP contribution in [0.5, 0.6) is 0 Å². The van der Waals surface area contributed by atoms with E-state index in [1.54, 1.807) is 12.1 Å². The van der Waals surface area contributed by atoms with Gasteiger partial charge in [-0.25, -0.2) is 0 Å². The van der Waals surface area contributed by atoms with Crippen molar-refractivity contribution in [3.63, 3.8) is 0 Å². The van der Waals surface area contributed by atoms with Crippen LogP contribution in [0.3, 0.4) is 0 Å². The van der Waals surface area contributed by atoms with Crippen LogP contribution in [-0.4, -0.2) is 4.92 Å². The molecule has 0 saturated carbocycles. The van der Waals surface area contributed by atoms with Gasteiger partial charge in [-0.3, -0.25) is 10.1 Å². The van der Waals surface area contributed by atoms with Gasteiger partial charge in [0.1, 0.15) is 8.97 Å². The topological polar surface area (TPSA) is 55.2 Å². The Labute approximate surface area is 161 Å². The lowest BCUT2D eigenvalue weighted by molar-refractivity contribution is -0.420. The molecule has 0 saturated heterocycles. The van der Waals surface area contributed by atoms with E-state index in [1.807, 2.05) is 48.5 Å². The first kappa shape index (κ1) is 18.9. The molecule has 0 aliphatic carbocycles. The molecule has 0 aliphatic rings. The van der Waals surface area contributed by atoms with Crippen LogP contribution in [-0.2, 0) is 0 Å². The number of hydrogen-bond acceptors (Lipinski definition) is 4. The molecule has 2 aromatic carbocycles. The molecule has 0 amide bonds. The Bertz CT molecular complexity index is 736. The van der Waals surface area contributed by atoms with Crippen molar-refractivity contribution >= 4 is 56.6 Å². The zero-order valence-corrected chi connectivity index (χ0v) is 16.0. The number of halogens is 3. The van der Waals surface area contributed by atoms with Gasteiger partial charge < -0.3 is 5.32 Å². The van der Waals surface area contributed by atoms with E-state index in [2.05, 4.69) is 21.2 Å². The van der Waals surface area contributed by atoms with Crippen molar-refractivity contribution in [1.29, 1.82) is 0 Å². The maximum atomic E-state index is 11.6. The maximum absolute atomic E-state index is 11.6. The Hall–Kier alpha value is -1.47. The van der Waals surface area contributed by atoms with Gasteiger partial charge in [0.25, 0.3) is 0 Å². The van der Waals surface area contributed by atoms with Gasteiger partial charge in [-0.2, -0.15) is 0 Å². The second-order valence-corrected chi connectivity index (χ2v) is 7.50. The highest BCUT2D eigenvalue weighted by Crippen LogP contribution is 2.36. The van der Waals surface area contributed by atoms with E-state index in [4.69, 9.17) is 23.2 Å². The first-order chi connectivity index (χ1) is 11.5. The van der Waals surface area contributed by atoms with Crippen molar-refractivity contribution in [2.24, 2.45) is 0 Å². The SMILES string of the molecule is O=[N+]([O-])C(=C(Nc1ccccc1)Sc1ccccc1)C(Cl)=C(Cl)Br. The number of nitro groups is 1. The average Bonchev–Trinajstić information content (AvgIpc) is 2.56. The summed E-state index contributed by atoms with van der Waals surface area (Å²) < 4.78 is -0.0307. The number of rotatable bonds is 6. The Morgan fingerprint density at radius 3 is 2.08 bits per heavy atom. The van der Waals surface area contributed by atoms with Crippen LogP contribution in [0, 0.1) is 10.1 Å². The van der Waals surface area contributed by atoms with Gasteiger partial charge in [0.2, 0.25) is 0 Å². The molecule has 24 heavy (non-hydrogen) atoms. The third-order valence-electron chi connectivity index (χ3n) is 2.77. The smallest absolute Gasteiger partial charge is 0.320 e. The van der Waals surface area contributed by atoms with Crippen molar-refractivity contribution in [3.05, 3.63) is 90.5 Å². The molecular formula is C16H11BrCl2N2O2S. The van der Waals surface area contributed by atoms with Crippen LogP contribution in [0.4, 0.5) is 5.69 Å². The molecular weight excluding hydrogens is 435 g/mol. The number of benzene rings is 2. The Kier molecular flexibility index (Phi) is 7.17. The zero-order valence-electron chi connectivity index (χ0n) is 12.1. The normalized spacial score (nSPS) is 13.0. The Morgan fingerprint density at radius 1 is 1.04 bits per heavy atom. The molecule has 0 atom stereocenters. The molecule has 0 unspecified atom stereocenters. The standard InChI is InChI=1S/C16H11BrCl2N2O2S/c17-15(19)13(18)14(21(22)23)16(20-11-7-3-1-4-8-11)24-12-9-5-2-6-10-12/h1-10,20H. The van der Waals surface area contributed by atoms with Crippen molar-refractivity contribution in [3.8, 4) is 0 Å². The van der Waals surface area contributed by atoms with Crippen molar-refractivity contribution < 1.29 is 4.92 Å². The Morgan fingerprint density at radius 2 is 1.58 bits per heavy atom. The molecule has 0 fully saturated rings. The summed E-state index contributed by atoms with van der Waals surface area (Å²) in [7, 11) is 0. The number of hydrogen-bond donors (Lipinski definition) is 1. The van der Waals surface area contributed by atoms with Crippen LogP contribution >= 0.6 is 50.9 Å². The largest absolute Gasteiger partial charge is 0.344 e. The van der Waals surface area contributed by atoms with Gasteiger partial charge in [0.05, 0.1) is 4.92 Å². The predicted octanol–water partition coefficient (Wildman–Crippen LogP) is 6.38. The quantitative estimate of drug-likeness (QED) is 0.242. The number of para-hydroxylation sites is 1. The summed E-state index contributed by atoms with van der Waals surface area (Å²) in [4.78, 5) is 11.8. The van der Waals surface area contributed by atoms with Crippen molar-refractivity contribution in [2.45, 2.75) is 4.90 Å². The highest BCUT2D eigenvalue weighted by molar-refractivity contribution is 9.12. The minimum Gasteiger partial charge on any atom is -0.344 e. The van der Waals surface area contributed by atoms with Gasteiger partial charge in [0, 0.05) is 10.6 Å². The second-order valence-electron chi connectivity index (χ2n) is 4.42. The monoisotopic (exact) mass is 444 g/mol. The zero-order chi connectivity index (χ0) is 17.5. The minimum atomic E-state index is -0.562. The molecule has 2 aromatic rings. The molecule has 0 radical (unpaired) electrons. The molecule has 0 aliphatic heterocycles. The van der Waals surface area contributed by atoms with E-state index in [0.717, 1.165) is 4.90 Å². The molecule has 124 valence electrons. The number of allylic oxidation sites excluding steroid dienone is 1. The highest BCUT2D eigenvalue weighted by atomic mass is 79.9. The number of anilines is 1. The maximum Gasteiger partial charge on any atom is 0.320 e. The van der Waals surface area contributed by atoms with E-state index in [-0.39, 0.29) is 19.7 Å². The predicted molar refractivity (Wildman–Crippen MR) is 104 cm³/mol. The lowest BCUT2D eigenvalue weighted by atomic mass is 10.3. The van der Waals surface area contributed by atoms with Gasteiger partial charge in [-0.05, 0) is 40.2 Å². The highest BCUT2D eigenvalue weighted by Gasteiger charge is 2.26. The third kappa shape index (κ3) is 5.27. The molecule has 0 heterocycles. The van der Waals surface area contributed by atoms with Gasteiger partial charge in [-0.15, -0.1) is 0 Å². The van der Waals surface area contributed by atoms with Crippen LogP contribution in [0.2, 0.25) is 0 Å². The van der Waals surface area contributed by atoms with E-state index >= 15 is 0 Å². The summed E-state index contributed by atoms with van der Waals surface area (Å²) in [5.74, 6) is 0. The summed E-state index contributed by atoms with van der Waals surface area (Å²) in [6, 6.07) is 18.4. The fourth-order valence-corrected chi connectivity index (χ4v) is 3.21. The van der Waals surface area contributed by atoms with E-state index in [1.165, 1.54) is 11.8 Å². The first-order valence-corrected chi connectivity index (χ1v) is 9.00. The molecule has 8 heteroatoms. The summed E-state index contributed by atoms with van der Waals surface area (Å²) in [5.41, 5.74) is 0.390. The molecule has 2 rings (SSSR count). The molecule has 4 nitrogen and oxygen atoms in total. The van der Waals surface area contributed by atoms with Gasteiger partial charge in [0.15, 0.2) is 5.03 Å². The number of nitrogens with zero attached hydrogens (tertiary/aromatic N) is 1. The van der Waals surface area contributed by atoms with E-state index in [9.17, 15) is 10.1 Å². The van der Waals surface area contributed by atoms with Crippen LogP contribution in [0.15, 0.2) is 85.3 Å². The molecule has 0 aromatic heterocycles. The summed E-state index contributed by atoms with van der Waals surface area (Å²) in [6.07, 6.45) is 0. The van der Waals surface area contributed by atoms with Crippen LogP contribution < -0.4 is 5.32 Å². The van der Waals surface area contributed by atoms with Gasteiger partial charge >= 0.3 is 5.70 Å². The minimum absolute atomic E-state index is 0.0307. The average molecular weight is 446 g/mol. The fraction of sp³-hybridized carbons (Fsp3) is 0. The fourth-order valence-electron chi connectivity index (χ4n) is 1.74. The summed E-state index contributed by atoms with van der Waals surface area (Å²) in [6.45, 7) is 0. The second kappa shape index (κ2) is 9.13. The Balaban J connectivity index is 2.53. The van der Waals surface area contributed by atoms with Crippen molar-refractivity contribution in [2.75, 3.05) is 5.32 Å². The summed E-state index contributed by atoms with van der Waals surface area (Å²) >= 11 is 16.0. The number of thioether (sulfide) groups is 1. The van der Waals surface area contributed by atoms with Crippen LogP contribution in [0.25, 0.3) is 0 Å². The molecule has 1 N–H and O–H groups in total. The molecule has 0 bridgehead atoms. The van der Waals surface area contributed by atoms with E-state index in [0.29, 0.717) is 5.69 Å². The van der Waals surface area contributed by atoms with Crippen LogP contribution in [0.1, 0.15) is 0 Å². The lowest BCUT2D eigenvalue weighted by Crippen LogP contribution is -2.09. The van der Waals surface area contributed by atoms with Gasteiger partial charge in [-0.1, -0.05) is 71.4 Å². The first-order valence-electron chi connectivity index (χ1n) is 6.64. The summed E-state index contributed by atoms with van der Waals surface area (Å²) in [5, 5.41) is 14.7. The lowest BCUT2D eigenvalue weighted by Gasteiger charge is -2.12. The van der Waals surface area contributed by atoms with E-state index < -0.39 is 4.92 Å².